The molecule has 1 aromatic heterocycles. The topological polar surface area (TPSA) is 35.0 Å². The average molecular weight is 331 g/mol. The molecule has 0 aliphatic rings. The lowest BCUT2D eigenvalue weighted by atomic mass is 10.2. The van der Waals surface area contributed by atoms with Gasteiger partial charge in [-0.05, 0) is 42.0 Å². The molecule has 0 radical (unpaired) electrons. The van der Waals surface area contributed by atoms with Crippen molar-refractivity contribution in [2.75, 3.05) is 7.11 Å². The Hall–Kier alpha value is -2.10. The van der Waals surface area contributed by atoms with Crippen LogP contribution in [0.4, 0.5) is 0 Å². The fraction of sp³-hybridized carbons (Fsp3) is 0.0588. The lowest BCUT2D eigenvalue weighted by Gasteiger charge is -2.02. The highest BCUT2D eigenvalue weighted by molar-refractivity contribution is 6.35. The standard InChI is InChI=1S/C17H12Cl2N2O/c1-22-13-6-2-11(3-7-13)4-9-16-20-15-8-5-12(18)10-14(15)17(19)21-16/h2-10H,1H3. The maximum atomic E-state index is 6.20. The molecule has 2 aromatic carbocycles. The number of rotatable bonds is 3. The number of methoxy groups -OCH3 is 1. The Labute approximate surface area is 138 Å². The number of halogens is 2. The summed E-state index contributed by atoms with van der Waals surface area (Å²) in [5, 5.41) is 1.75. The van der Waals surface area contributed by atoms with E-state index in [1.54, 1.807) is 19.2 Å². The summed E-state index contributed by atoms with van der Waals surface area (Å²) in [6, 6.07) is 13.1. The van der Waals surface area contributed by atoms with Gasteiger partial charge in [0.2, 0.25) is 0 Å². The molecule has 3 nitrogen and oxygen atoms in total. The second-order valence-electron chi connectivity index (χ2n) is 4.64. The third-order valence-electron chi connectivity index (χ3n) is 3.17. The third kappa shape index (κ3) is 3.21. The summed E-state index contributed by atoms with van der Waals surface area (Å²) in [4.78, 5) is 8.74. The molecule has 0 amide bonds. The van der Waals surface area contributed by atoms with Crippen molar-refractivity contribution >= 4 is 46.3 Å². The summed E-state index contributed by atoms with van der Waals surface area (Å²) in [5.41, 5.74) is 1.79. The average Bonchev–Trinajstić information content (AvgIpc) is 2.54. The van der Waals surface area contributed by atoms with Gasteiger partial charge in [-0.25, -0.2) is 9.97 Å². The Morgan fingerprint density at radius 2 is 1.73 bits per heavy atom. The normalized spacial score (nSPS) is 11.2. The largest absolute Gasteiger partial charge is 0.497 e. The number of hydrogen-bond acceptors (Lipinski definition) is 3. The summed E-state index contributed by atoms with van der Waals surface area (Å²) >= 11 is 12.2. The number of fused-ring (bicyclic) bond motifs is 1. The van der Waals surface area contributed by atoms with Crippen molar-refractivity contribution in [3.05, 3.63) is 64.0 Å². The lowest BCUT2D eigenvalue weighted by molar-refractivity contribution is 0.415. The van der Waals surface area contributed by atoms with Crippen LogP contribution in [-0.2, 0) is 0 Å². The first-order valence-electron chi connectivity index (χ1n) is 6.60. The van der Waals surface area contributed by atoms with Crippen molar-refractivity contribution < 1.29 is 4.74 Å². The van der Waals surface area contributed by atoms with Crippen LogP contribution in [0.5, 0.6) is 5.75 Å². The van der Waals surface area contributed by atoms with E-state index < -0.39 is 0 Å². The van der Waals surface area contributed by atoms with Gasteiger partial charge in [-0.15, -0.1) is 0 Å². The minimum absolute atomic E-state index is 0.391. The molecule has 0 aliphatic heterocycles. The summed E-state index contributed by atoms with van der Waals surface area (Å²) < 4.78 is 5.13. The van der Waals surface area contributed by atoms with E-state index in [0.29, 0.717) is 16.0 Å². The molecule has 0 saturated heterocycles. The van der Waals surface area contributed by atoms with Gasteiger partial charge in [0.25, 0.3) is 0 Å². The van der Waals surface area contributed by atoms with E-state index in [-0.39, 0.29) is 0 Å². The monoisotopic (exact) mass is 330 g/mol. The molecule has 0 aliphatic carbocycles. The molecular weight excluding hydrogens is 319 g/mol. The minimum Gasteiger partial charge on any atom is -0.497 e. The molecule has 22 heavy (non-hydrogen) atoms. The number of aromatic nitrogens is 2. The Balaban J connectivity index is 1.92. The number of nitrogens with zero attached hydrogens (tertiary/aromatic N) is 2. The van der Waals surface area contributed by atoms with Crippen molar-refractivity contribution in [3.8, 4) is 5.75 Å². The predicted octanol–water partition coefficient (Wildman–Crippen LogP) is 5.12. The van der Waals surface area contributed by atoms with Crippen molar-refractivity contribution in [1.29, 1.82) is 0 Å². The summed E-state index contributed by atoms with van der Waals surface area (Å²) in [6.45, 7) is 0. The van der Waals surface area contributed by atoms with Crippen LogP contribution in [0.2, 0.25) is 10.2 Å². The van der Waals surface area contributed by atoms with E-state index in [1.165, 1.54) is 0 Å². The van der Waals surface area contributed by atoms with Crippen LogP contribution in [0.3, 0.4) is 0 Å². The van der Waals surface area contributed by atoms with Crippen LogP contribution in [0.25, 0.3) is 23.1 Å². The van der Waals surface area contributed by atoms with Crippen LogP contribution in [-0.4, -0.2) is 17.1 Å². The van der Waals surface area contributed by atoms with Gasteiger partial charge in [0.1, 0.15) is 10.9 Å². The summed E-state index contributed by atoms with van der Waals surface area (Å²) in [5.74, 6) is 1.37. The van der Waals surface area contributed by atoms with Gasteiger partial charge in [-0.2, -0.15) is 0 Å². The summed E-state index contributed by atoms with van der Waals surface area (Å²) in [6.07, 6.45) is 3.74. The van der Waals surface area contributed by atoms with Gasteiger partial charge in [0, 0.05) is 10.4 Å². The van der Waals surface area contributed by atoms with Crippen LogP contribution >= 0.6 is 23.2 Å². The van der Waals surface area contributed by atoms with E-state index in [0.717, 1.165) is 22.2 Å². The van der Waals surface area contributed by atoms with Crippen molar-refractivity contribution in [1.82, 2.24) is 9.97 Å². The van der Waals surface area contributed by atoms with Gasteiger partial charge in [0.05, 0.1) is 12.6 Å². The number of benzene rings is 2. The molecule has 0 saturated carbocycles. The lowest BCUT2D eigenvalue weighted by Crippen LogP contribution is -1.90. The first-order valence-corrected chi connectivity index (χ1v) is 7.36. The summed E-state index contributed by atoms with van der Waals surface area (Å²) in [7, 11) is 1.64. The molecule has 0 fully saturated rings. The molecule has 0 atom stereocenters. The Bertz CT molecular complexity index is 845. The zero-order chi connectivity index (χ0) is 15.5. The van der Waals surface area contributed by atoms with Crippen LogP contribution in [0.15, 0.2) is 42.5 Å². The van der Waals surface area contributed by atoms with E-state index in [9.17, 15) is 0 Å². The Morgan fingerprint density at radius 3 is 2.45 bits per heavy atom. The highest BCUT2D eigenvalue weighted by Gasteiger charge is 2.05. The van der Waals surface area contributed by atoms with E-state index >= 15 is 0 Å². The molecule has 0 N–H and O–H groups in total. The maximum absolute atomic E-state index is 6.20. The van der Waals surface area contributed by atoms with Crippen molar-refractivity contribution in [3.63, 3.8) is 0 Å². The zero-order valence-electron chi connectivity index (χ0n) is 11.8. The van der Waals surface area contributed by atoms with E-state index in [2.05, 4.69) is 9.97 Å². The molecule has 3 aromatic rings. The fourth-order valence-electron chi connectivity index (χ4n) is 2.04. The third-order valence-corrected chi connectivity index (χ3v) is 3.69. The first kappa shape index (κ1) is 14.8. The maximum Gasteiger partial charge on any atom is 0.154 e. The second kappa shape index (κ2) is 6.34. The molecular formula is C17H12Cl2N2O. The quantitative estimate of drug-likeness (QED) is 0.625. The van der Waals surface area contributed by atoms with Gasteiger partial charge in [-0.1, -0.05) is 41.4 Å². The smallest absolute Gasteiger partial charge is 0.154 e. The van der Waals surface area contributed by atoms with Crippen molar-refractivity contribution in [2.24, 2.45) is 0 Å². The highest BCUT2D eigenvalue weighted by atomic mass is 35.5. The van der Waals surface area contributed by atoms with E-state index in [4.69, 9.17) is 27.9 Å². The minimum atomic E-state index is 0.391. The van der Waals surface area contributed by atoms with Gasteiger partial charge >= 0.3 is 0 Å². The fourth-order valence-corrected chi connectivity index (χ4v) is 2.45. The highest BCUT2D eigenvalue weighted by Crippen LogP contribution is 2.24. The molecule has 0 unspecified atom stereocenters. The van der Waals surface area contributed by atoms with Crippen LogP contribution in [0, 0.1) is 0 Å². The molecule has 1 heterocycles. The second-order valence-corrected chi connectivity index (χ2v) is 5.44. The number of ether oxygens (including phenoxy) is 1. The predicted molar refractivity (Wildman–Crippen MR) is 91.5 cm³/mol. The Morgan fingerprint density at radius 1 is 0.955 bits per heavy atom. The number of hydrogen-bond donors (Lipinski definition) is 0. The SMILES string of the molecule is COc1ccc(C=Cc2nc(Cl)c3cc(Cl)ccc3n2)cc1. The van der Waals surface area contributed by atoms with Crippen molar-refractivity contribution in [2.45, 2.75) is 0 Å². The molecule has 110 valence electrons. The van der Waals surface area contributed by atoms with Gasteiger partial charge < -0.3 is 4.74 Å². The molecule has 0 bridgehead atoms. The van der Waals surface area contributed by atoms with Crippen LogP contribution in [0.1, 0.15) is 11.4 Å². The first-order chi connectivity index (χ1) is 10.7. The van der Waals surface area contributed by atoms with Gasteiger partial charge in [-0.3, -0.25) is 0 Å². The Kier molecular flexibility index (Phi) is 4.27. The van der Waals surface area contributed by atoms with Crippen LogP contribution < -0.4 is 4.74 Å². The molecule has 0 spiro atoms. The molecule has 3 rings (SSSR count). The van der Waals surface area contributed by atoms with E-state index in [1.807, 2.05) is 42.5 Å². The molecule has 5 heteroatoms. The van der Waals surface area contributed by atoms with Gasteiger partial charge in [0.15, 0.2) is 5.82 Å². The zero-order valence-corrected chi connectivity index (χ0v) is 13.3.